The normalized spacial score (nSPS) is 9.91. The molecule has 0 aliphatic carbocycles. The number of benzene rings is 2. The van der Waals surface area contributed by atoms with E-state index in [1.165, 1.54) is 7.11 Å². The van der Waals surface area contributed by atoms with Crippen LogP contribution in [0, 0.1) is 0 Å². The Labute approximate surface area is 128 Å². The molecule has 0 radical (unpaired) electrons. The highest BCUT2D eigenvalue weighted by Gasteiger charge is 2.10. The molecule has 0 fully saturated rings. The van der Waals surface area contributed by atoms with Gasteiger partial charge in [0, 0.05) is 11.3 Å². The third-order valence-electron chi connectivity index (χ3n) is 2.95. The standard InChI is InChI=1S/C16H17N3O3/c1-22-14-8-7-12(9-13(14)19-15(20)10-17)18-16(21)11-5-3-2-4-6-11/h2-9H,10,17H2,1H3,(H,18,21)(H,19,20). The number of nitrogens with two attached hydrogens (primary N) is 1. The van der Waals surface area contributed by atoms with Gasteiger partial charge < -0.3 is 21.1 Å². The average molecular weight is 299 g/mol. The van der Waals surface area contributed by atoms with E-state index in [4.69, 9.17) is 10.5 Å². The number of nitrogens with one attached hydrogen (secondary N) is 2. The Morgan fingerprint density at radius 1 is 1.09 bits per heavy atom. The summed E-state index contributed by atoms with van der Waals surface area (Å²) >= 11 is 0. The molecule has 2 amide bonds. The SMILES string of the molecule is COc1ccc(NC(=O)c2ccccc2)cc1NC(=O)CN. The van der Waals surface area contributed by atoms with E-state index < -0.39 is 0 Å². The highest BCUT2D eigenvalue weighted by atomic mass is 16.5. The number of carbonyl (C=O) groups excluding carboxylic acids is 2. The second-order valence-corrected chi connectivity index (χ2v) is 4.49. The quantitative estimate of drug-likeness (QED) is 0.785. The number of anilines is 2. The van der Waals surface area contributed by atoms with Crippen molar-refractivity contribution in [2.24, 2.45) is 5.73 Å². The van der Waals surface area contributed by atoms with Gasteiger partial charge in [-0.05, 0) is 30.3 Å². The summed E-state index contributed by atoms with van der Waals surface area (Å²) in [6.45, 7) is -0.135. The fourth-order valence-electron chi connectivity index (χ4n) is 1.88. The first-order valence-electron chi connectivity index (χ1n) is 6.68. The van der Waals surface area contributed by atoms with Gasteiger partial charge in [-0.25, -0.2) is 0 Å². The Morgan fingerprint density at radius 3 is 2.45 bits per heavy atom. The van der Waals surface area contributed by atoms with Crippen LogP contribution in [0.2, 0.25) is 0 Å². The van der Waals surface area contributed by atoms with Crippen molar-refractivity contribution in [2.45, 2.75) is 0 Å². The van der Waals surface area contributed by atoms with Crippen LogP contribution in [-0.4, -0.2) is 25.5 Å². The minimum atomic E-state index is -0.343. The summed E-state index contributed by atoms with van der Waals surface area (Å²) in [5.74, 6) is -0.0915. The summed E-state index contributed by atoms with van der Waals surface area (Å²) in [7, 11) is 1.50. The lowest BCUT2D eigenvalue weighted by molar-refractivity contribution is -0.114. The van der Waals surface area contributed by atoms with E-state index in [2.05, 4.69) is 10.6 Å². The Hall–Kier alpha value is -2.86. The minimum absolute atomic E-state index is 0.135. The second-order valence-electron chi connectivity index (χ2n) is 4.49. The van der Waals surface area contributed by atoms with E-state index in [1.54, 1.807) is 42.5 Å². The Kier molecular flexibility index (Phi) is 5.11. The lowest BCUT2D eigenvalue weighted by atomic mass is 10.2. The summed E-state index contributed by atoms with van der Waals surface area (Å²) in [5, 5.41) is 5.39. The molecule has 114 valence electrons. The first kappa shape index (κ1) is 15.5. The monoisotopic (exact) mass is 299 g/mol. The van der Waals surface area contributed by atoms with Gasteiger partial charge in [-0.15, -0.1) is 0 Å². The van der Waals surface area contributed by atoms with Crippen LogP contribution in [0.4, 0.5) is 11.4 Å². The molecule has 6 heteroatoms. The van der Waals surface area contributed by atoms with Crippen molar-refractivity contribution in [3.8, 4) is 5.75 Å². The molecule has 0 heterocycles. The molecule has 2 rings (SSSR count). The molecule has 2 aromatic carbocycles. The van der Waals surface area contributed by atoms with Crippen molar-refractivity contribution in [2.75, 3.05) is 24.3 Å². The maximum atomic E-state index is 12.1. The van der Waals surface area contributed by atoms with Gasteiger partial charge in [0.15, 0.2) is 0 Å². The molecule has 4 N–H and O–H groups in total. The van der Waals surface area contributed by atoms with Gasteiger partial charge in [0.05, 0.1) is 19.3 Å². The summed E-state index contributed by atoms with van der Waals surface area (Å²) in [6.07, 6.45) is 0. The molecule has 0 atom stereocenters. The van der Waals surface area contributed by atoms with E-state index in [9.17, 15) is 9.59 Å². The number of amides is 2. The lowest BCUT2D eigenvalue weighted by Gasteiger charge is -2.12. The molecular formula is C16H17N3O3. The van der Waals surface area contributed by atoms with E-state index in [-0.39, 0.29) is 18.4 Å². The van der Waals surface area contributed by atoms with Crippen molar-refractivity contribution in [3.63, 3.8) is 0 Å². The first-order valence-corrected chi connectivity index (χ1v) is 6.68. The van der Waals surface area contributed by atoms with Gasteiger partial charge in [-0.2, -0.15) is 0 Å². The largest absolute Gasteiger partial charge is 0.495 e. The summed E-state index contributed by atoms with van der Waals surface area (Å²) in [4.78, 5) is 23.5. The van der Waals surface area contributed by atoms with Crippen molar-refractivity contribution in [3.05, 3.63) is 54.1 Å². The Balaban J connectivity index is 2.19. The number of hydrogen-bond acceptors (Lipinski definition) is 4. The molecule has 6 nitrogen and oxygen atoms in total. The molecule has 2 aromatic rings. The maximum absolute atomic E-state index is 12.1. The number of hydrogen-bond donors (Lipinski definition) is 3. The van der Waals surface area contributed by atoms with Gasteiger partial charge in [0.25, 0.3) is 5.91 Å². The van der Waals surface area contributed by atoms with Gasteiger partial charge in [-0.3, -0.25) is 9.59 Å². The third kappa shape index (κ3) is 3.83. The van der Waals surface area contributed by atoms with Gasteiger partial charge in [-0.1, -0.05) is 18.2 Å². The fourth-order valence-corrected chi connectivity index (χ4v) is 1.88. The van der Waals surface area contributed by atoms with Crippen LogP contribution in [0.5, 0.6) is 5.75 Å². The third-order valence-corrected chi connectivity index (χ3v) is 2.95. The van der Waals surface area contributed by atoms with Gasteiger partial charge in [0.1, 0.15) is 5.75 Å². The molecule has 0 aliphatic rings. The summed E-state index contributed by atoms with van der Waals surface area (Å²) in [6, 6.07) is 13.8. The molecule has 0 unspecified atom stereocenters. The summed E-state index contributed by atoms with van der Waals surface area (Å²) in [5.41, 5.74) is 6.82. The van der Waals surface area contributed by atoms with Gasteiger partial charge in [0.2, 0.25) is 5.91 Å². The molecule has 22 heavy (non-hydrogen) atoms. The number of carbonyl (C=O) groups is 2. The highest BCUT2D eigenvalue weighted by molar-refractivity contribution is 6.05. The Bertz CT molecular complexity index is 672. The van der Waals surface area contributed by atoms with Crippen molar-refractivity contribution < 1.29 is 14.3 Å². The predicted octanol–water partition coefficient (Wildman–Crippen LogP) is 1.84. The van der Waals surface area contributed by atoms with Crippen molar-refractivity contribution in [1.29, 1.82) is 0 Å². The smallest absolute Gasteiger partial charge is 0.255 e. The number of rotatable bonds is 5. The van der Waals surface area contributed by atoms with Crippen LogP contribution in [0.3, 0.4) is 0 Å². The average Bonchev–Trinajstić information content (AvgIpc) is 2.55. The fraction of sp³-hybridized carbons (Fsp3) is 0.125. The van der Waals surface area contributed by atoms with Crippen LogP contribution in [-0.2, 0) is 4.79 Å². The van der Waals surface area contributed by atoms with Crippen LogP contribution in [0.15, 0.2) is 48.5 Å². The molecule has 0 saturated carbocycles. The topological polar surface area (TPSA) is 93.5 Å². The van der Waals surface area contributed by atoms with E-state index in [1.807, 2.05) is 6.07 Å². The molecule has 0 saturated heterocycles. The minimum Gasteiger partial charge on any atom is -0.495 e. The zero-order valence-corrected chi connectivity index (χ0v) is 12.1. The molecular weight excluding hydrogens is 282 g/mol. The molecule has 0 aliphatic heterocycles. The first-order chi connectivity index (χ1) is 10.6. The number of methoxy groups -OCH3 is 1. The highest BCUT2D eigenvalue weighted by Crippen LogP contribution is 2.28. The summed E-state index contributed by atoms with van der Waals surface area (Å²) < 4.78 is 5.17. The van der Waals surface area contributed by atoms with Crippen molar-refractivity contribution >= 4 is 23.2 Å². The van der Waals surface area contributed by atoms with Crippen LogP contribution >= 0.6 is 0 Å². The Morgan fingerprint density at radius 2 is 1.82 bits per heavy atom. The zero-order valence-electron chi connectivity index (χ0n) is 12.1. The maximum Gasteiger partial charge on any atom is 0.255 e. The van der Waals surface area contributed by atoms with Crippen LogP contribution < -0.4 is 21.1 Å². The van der Waals surface area contributed by atoms with E-state index >= 15 is 0 Å². The van der Waals surface area contributed by atoms with Crippen LogP contribution in [0.1, 0.15) is 10.4 Å². The van der Waals surface area contributed by atoms with Crippen LogP contribution in [0.25, 0.3) is 0 Å². The second kappa shape index (κ2) is 7.24. The lowest BCUT2D eigenvalue weighted by Crippen LogP contribution is -2.22. The molecule has 0 spiro atoms. The molecule has 0 aromatic heterocycles. The van der Waals surface area contributed by atoms with Crippen molar-refractivity contribution in [1.82, 2.24) is 0 Å². The van der Waals surface area contributed by atoms with Gasteiger partial charge >= 0.3 is 0 Å². The zero-order chi connectivity index (χ0) is 15.9. The van der Waals surface area contributed by atoms with E-state index in [0.717, 1.165) is 0 Å². The number of ether oxygens (including phenoxy) is 1. The predicted molar refractivity (Wildman–Crippen MR) is 85.1 cm³/mol. The van der Waals surface area contributed by atoms with E-state index in [0.29, 0.717) is 22.7 Å². The molecule has 0 bridgehead atoms.